The van der Waals surface area contributed by atoms with E-state index in [4.69, 9.17) is 9.47 Å². The Bertz CT molecular complexity index is 572. The lowest BCUT2D eigenvalue weighted by molar-refractivity contribution is -0.130. The Hall–Kier alpha value is -1.34. The van der Waals surface area contributed by atoms with Crippen molar-refractivity contribution in [2.45, 2.75) is 82.5 Å². The van der Waals surface area contributed by atoms with E-state index in [1.54, 1.807) is 0 Å². The van der Waals surface area contributed by atoms with Gasteiger partial charge in [0.15, 0.2) is 0 Å². The Morgan fingerprint density at radius 3 is 2.29 bits per heavy atom. The molecule has 3 saturated heterocycles. The number of fused-ring (bicyclic) bond motifs is 2. The Labute approximate surface area is 168 Å². The van der Waals surface area contributed by atoms with Crippen LogP contribution in [0.1, 0.15) is 58.8 Å². The third-order valence-corrected chi connectivity index (χ3v) is 7.27. The van der Waals surface area contributed by atoms with Gasteiger partial charge >= 0.3 is 6.09 Å². The predicted octanol–water partition coefficient (Wildman–Crippen LogP) is 2.15. The number of nitrogens with zero attached hydrogens (tertiary/aromatic N) is 2. The lowest BCUT2D eigenvalue weighted by Crippen LogP contribution is -2.63. The number of carbonyl (C=O) groups is 2. The van der Waals surface area contributed by atoms with Gasteiger partial charge in [0.1, 0.15) is 0 Å². The molecule has 7 nitrogen and oxygen atoms in total. The number of morpholine rings is 1. The molecule has 2 unspecified atom stereocenters. The van der Waals surface area contributed by atoms with Crippen molar-refractivity contribution < 1.29 is 19.1 Å². The fourth-order valence-corrected chi connectivity index (χ4v) is 5.44. The van der Waals surface area contributed by atoms with Gasteiger partial charge in [-0.25, -0.2) is 4.79 Å². The highest BCUT2D eigenvalue weighted by Gasteiger charge is 2.44. The minimum Gasteiger partial charge on any atom is -0.450 e. The summed E-state index contributed by atoms with van der Waals surface area (Å²) in [5.74, 6) is 0.403. The number of hydrogen-bond acceptors (Lipinski definition) is 5. The van der Waals surface area contributed by atoms with E-state index in [0.29, 0.717) is 25.9 Å². The number of piperidine rings is 2. The number of ether oxygens (including phenoxy) is 2. The van der Waals surface area contributed by atoms with Gasteiger partial charge in [-0.05, 0) is 71.9 Å². The van der Waals surface area contributed by atoms with E-state index >= 15 is 0 Å². The summed E-state index contributed by atoms with van der Waals surface area (Å²) >= 11 is 0. The molecule has 158 valence electrons. The standard InChI is InChI=1S/C21H35N3O4/c1-3-28-20(26)24-17-11-16(12-18(24)14-27-13-17)23-9-5-15(6-10-23)19(25)22-21(2)7-4-8-21/h15-18H,3-14H2,1-2H3,(H,22,25). The number of carbonyl (C=O) groups excluding carboxylic acids is 2. The minimum absolute atomic E-state index is 0.0472. The zero-order valence-electron chi connectivity index (χ0n) is 17.3. The maximum atomic E-state index is 12.6. The topological polar surface area (TPSA) is 71.1 Å². The number of nitrogens with one attached hydrogen (secondary N) is 1. The van der Waals surface area contributed by atoms with Crippen LogP contribution in [0.2, 0.25) is 0 Å². The first-order valence-electron chi connectivity index (χ1n) is 11.1. The molecule has 7 heteroatoms. The predicted molar refractivity (Wildman–Crippen MR) is 105 cm³/mol. The zero-order valence-corrected chi connectivity index (χ0v) is 17.3. The van der Waals surface area contributed by atoms with Crippen LogP contribution < -0.4 is 5.32 Å². The molecular weight excluding hydrogens is 358 g/mol. The molecule has 2 bridgehead atoms. The van der Waals surface area contributed by atoms with Crippen molar-refractivity contribution in [3.63, 3.8) is 0 Å². The lowest BCUT2D eigenvalue weighted by atomic mass is 9.78. The van der Waals surface area contributed by atoms with Gasteiger partial charge in [0.25, 0.3) is 0 Å². The van der Waals surface area contributed by atoms with Crippen molar-refractivity contribution in [3.05, 3.63) is 0 Å². The van der Waals surface area contributed by atoms with Gasteiger partial charge < -0.3 is 19.7 Å². The molecule has 0 aromatic heterocycles. The third-order valence-electron chi connectivity index (χ3n) is 7.27. The fourth-order valence-electron chi connectivity index (χ4n) is 5.44. The maximum absolute atomic E-state index is 12.6. The van der Waals surface area contributed by atoms with Crippen molar-refractivity contribution in [1.29, 1.82) is 0 Å². The summed E-state index contributed by atoms with van der Waals surface area (Å²) in [6.07, 6.45) is 7.00. The van der Waals surface area contributed by atoms with Gasteiger partial charge in [-0.2, -0.15) is 0 Å². The van der Waals surface area contributed by atoms with Crippen LogP contribution in [0.3, 0.4) is 0 Å². The van der Waals surface area contributed by atoms with Crippen LogP contribution in [0.25, 0.3) is 0 Å². The number of hydrogen-bond donors (Lipinski definition) is 1. The van der Waals surface area contributed by atoms with Crippen LogP contribution in [-0.2, 0) is 14.3 Å². The van der Waals surface area contributed by atoms with E-state index in [0.717, 1.165) is 51.6 Å². The molecule has 4 fully saturated rings. The molecule has 3 heterocycles. The summed E-state index contributed by atoms with van der Waals surface area (Å²) in [5.41, 5.74) is 0.0472. The summed E-state index contributed by atoms with van der Waals surface area (Å²) < 4.78 is 11.0. The SMILES string of the molecule is CCOC(=O)N1C2COCC1CC(N1CCC(C(=O)NC3(C)CCC3)CC1)C2. The van der Waals surface area contributed by atoms with Gasteiger partial charge in [-0.15, -0.1) is 0 Å². The van der Waals surface area contributed by atoms with Gasteiger partial charge in [0.05, 0.1) is 31.9 Å². The Morgan fingerprint density at radius 2 is 1.75 bits per heavy atom. The van der Waals surface area contributed by atoms with Crippen LogP contribution in [0.5, 0.6) is 0 Å². The first-order chi connectivity index (χ1) is 13.5. The summed E-state index contributed by atoms with van der Waals surface area (Å²) in [7, 11) is 0. The molecule has 4 rings (SSSR count). The third kappa shape index (κ3) is 4.01. The summed E-state index contributed by atoms with van der Waals surface area (Å²) in [4.78, 5) is 29.4. The average Bonchev–Trinajstić information content (AvgIpc) is 2.66. The molecule has 1 N–H and O–H groups in total. The van der Waals surface area contributed by atoms with E-state index < -0.39 is 0 Å². The van der Waals surface area contributed by atoms with Crippen LogP contribution in [0.4, 0.5) is 4.79 Å². The van der Waals surface area contributed by atoms with E-state index in [1.165, 1.54) is 6.42 Å². The molecule has 2 atom stereocenters. The molecule has 0 aromatic rings. The average molecular weight is 394 g/mol. The Balaban J connectivity index is 1.29. The molecule has 3 aliphatic heterocycles. The van der Waals surface area contributed by atoms with Gasteiger partial charge in [-0.3, -0.25) is 9.69 Å². The van der Waals surface area contributed by atoms with Crippen molar-refractivity contribution in [3.8, 4) is 0 Å². The summed E-state index contributed by atoms with van der Waals surface area (Å²) in [5, 5.41) is 3.29. The smallest absolute Gasteiger partial charge is 0.410 e. The second-order valence-corrected chi connectivity index (χ2v) is 9.29. The molecule has 0 radical (unpaired) electrons. The second-order valence-electron chi connectivity index (χ2n) is 9.29. The number of amides is 2. The van der Waals surface area contributed by atoms with E-state index in [1.807, 2.05) is 11.8 Å². The first kappa shape index (κ1) is 20.0. The van der Waals surface area contributed by atoms with Gasteiger partial charge in [0.2, 0.25) is 5.91 Å². The van der Waals surface area contributed by atoms with E-state index in [-0.39, 0.29) is 35.5 Å². The van der Waals surface area contributed by atoms with Crippen molar-refractivity contribution in [2.24, 2.45) is 5.92 Å². The summed E-state index contributed by atoms with van der Waals surface area (Å²) in [6.45, 7) is 7.57. The molecule has 1 aliphatic carbocycles. The zero-order chi connectivity index (χ0) is 19.7. The highest BCUT2D eigenvalue weighted by molar-refractivity contribution is 5.79. The molecule has 2 amide bonds. The van der Waals surface area contributed by atoms with E-state index in [2.05, 4.69) is 17.1 Å². The highest BCUT2D eigenvalue weighted by Crippen LogP contribution is 2.34. The van der Waals surface area contributed by atoms with Crippen LogP contribution in [0.15, 0.2) is 0 Å². The van der Waals surface area contributed by atoms with Crippen molar-refractivity contribution in [2.75, 3.05) is 32.9 Å². The Kier molecular flexibility index (Phi) is 5.83. The second kappa shape index (κ2) is 8.19. The lowest BCUT2D eigenvalue weighted by Gasteiger charge is -2.51. The maximum Gasteiger partial charge on any atom is 0.410 e. The summed E-state index contributed by atoms with van der Waals surface area (Å²) in [6, 6.07) is 0.685. The van der Waals surface area contributed by atoms with E-state index in [9.17, 15) is 9.59 Å². The van der Waals surface area contributed by atoms with Crippen LogP contribution >= 0.6 is 0 Å². The molecule has 4 aliphatic rings. The minimum atomic E-state index is -0.195. The first-order valence-corrected chi connectivity index (χ1v) is 11.1. The molecule has 0 spiro atoms. The number of rotatable bonds is 4. The van der Waals surface area contributed by atoms with Crippen molar-refractivity contribution >= 4 is 12.0 Å². The van der Waals surface area contributed by atoms with Crippen LogP contribution in [-0.4, -0.2) is 78.4 Å². The Morgan fingerprint density at radius 1 is 1.11 bits per heavy atom. The normalized spacial score (nSPS) is 33.1. The molecule has 28 heavy (non-hydrogen) atoms. The highest BCUT2D eigenvalue weighted by atomic mass is 16.6. The quantitative estimate of drug-likeness (QED) is 0.792. The molecule has 1 saturated carbocycles. The monoisotopic (exact) mass is 393 g/mol. The van der Waals surface area contributed by atoms with Crippen molar-refractivity contribution in [1.82, 2.24) is 15.1 Å². The molecule has 0 aromatic carbocycles. The largest absolute Gasteiger partial charge is 0.450 e. The van der Waals surface area contributed by atoms with Crippen LogP contribution in [0, 0.1) is 5.92 Å². The number of likely N-dealkylation sites (tertiary alicyclic amines) is 1. The van der Waals surface area contributed by atoms with Gasteiger partial charge in [0, 0.05) is 17.5 Å². The molecular formula is C21H35N3O4. The van der Waals surface area contributed by atoms with Gasteiger partial charge in [-0.1, -0.05) is 0 Å². The fraction of sp³-hybridized carbons (Fsp3) is 0.905.